The Morgan fingerprint density at radius 1 is 1.21 bits per heavy atom. The number of pyridine rings is 1. The normalized spacial score (nSPS) is 11.3. The highest BCUT2D eigenvalue weighted by Crippen LogP contribution is 2.26. The van der Waals surface area contributed by atoms with Gasteiger partial charge < -0.3 is 15.5 Å². The van der Waals surface area contributed by atoms with Crippen molar-refractivity contribution in [3.63, 3.8) is 0 Å². The van der Waals surface area contributed by atoms with Gasteiger partial charge in [0.15, 0.2) is 0 Å². The van der Waals surface area contributed by atoms with Crippen LogP contribution in [0.25, 0.3) is 10.9 Å². The quantitative estimate of drug-likeness (QED) is 0.565. The fourth-order valence-electron chi connectivity index (χ4n) is 2.52. The zero-order valence-corrected chi connectivity index (χ0v) is 17.5. The third-order valence-electron chi connectivity index (χ3n) is 3.93. The lowest BCUT2D eigenvalue weighted by molar-refractivity contribution is -0.111. The van der Waals surface area contributed by atoms with Crippen LogP contribution in [0.3, 0.4) is 0 Å². The summed E-state index contributed by atoms with van der Waals surface area (Å²) in [6.07, 6.45) is 6.40. The van der Waals surface area contributed by atoms with Crippen molar-refractivity contribution in [2.45, 2.75) is 6.92 Å². The number of anilines is 3. The highest BCUT2D eigenvalue weighted by molar-refractivity contribution is 9.10. The van der Waals surface area contributed by atoms with Crippen molar-refractivity contribution in [1.29, 1.82) is 0 Å². The minimum atomic E-state index is -0.233. The lowest BCUT2D eigenvalue weighted by Crippen LogP contribution is -2.13. The molecule has 3 aromatic rings. The fraction of sp³-hybridized carbons (Fsp3) is 0.200. The average molecular weight is 441 g/mol. The number of likely N-dealkylation sites (N-methyl/N-ethyl adjacent to an activating group) is 1. The topological polar surface area (TPSA) is 83.0 Å². The maximum atomic E-state index is 12.1. The van der Waals surface area contributed by atoms with E-state index in [1.165, 1.54) is 12.4 Å². The van der Waals surface area contributed by atoms with E-state index in [0.29, 0.717) is 23.7 Å². The monoisotopic (exact) mass is 440 g/mol. The molecular weight excluding hydrogens is 420 g/mol. The van der Waals surface area contributed by atoms with Gasteiger partial charge in [-0.15, -0.1) is 0 Å². The van der Waals surface area contributed by atoms with E-state index in [1.54, 1.807) is 18.3 Å². The molecule has 2 N–H and O–H groups in total. The zero-order chi connectivity index (χ0) is 20.1. The summed E-state index contributed by atoms with van der Waals surface area (Å²) in [6.45, 7) is 2.71. The maximum Gasteiger partial charge on any atom is 0.249 e. The summed E-state index contributed by atoms with van der Waals surface area (Å²) in [7, 11) is 3.88. The molecular formula is C20H21BrN6O. The summed E-state index contributed by atoms with van der Waals surface area (Å²) >= 11 is 3.50. The number of rotatable bonds is 6. The van der Waals surface area contributed by atoms with Gasteiger partial charge in [-0.1, -0.05) is 22.0 Å². The summed E-state index contributed by atoms with van der Waals surface area (Å²) in [4.78, 5) is 26.9. The molecule has 0 aliphatic rings. The first-order chi connectivity index (χ1) is 13.4. The molecule has 3 rings (SSSR count). The molecule has 0 saturated heterocycles. The van der Waals surface area contributed by atoms with Crippen LogP contribution in [0.15, 0.2) is 53.4 Å². The van der Waals surface area contributed by atoms with E-state index in [0.717, 1.165) is 21.1 Å². The highest BCUT2D eigenvalue weighted by atomic mass is 79.9. The number of aromatic nitrogens is 3. The minimum absolute atomic E-state index is 0.233. The third kappa shape index (κ3) is 5.11. The van der Waals surface area contributed by atoms with Crippen LogP contribution in [0, 0.1) is 6.92 Å². The molecule has 0 radical (unpaired) electrons. The zero-order valence-electron chi connectivity index (χ0n) is 15.9. The van der Waals surface area contributed by atoms with Gasteiger partial charge in [0.1, 0.15) is 18.0 Å². The van der Waals surface area contributed by atoms with E-state index in [1.807, 2.05) is 44.1 Å². The Morgan fingerprint density at radius 3 is 2.79 bits per heavy atom. The molecule has 7 nitrogen and oxygen atoms in total. The summed E-state index contributed by atoms with van der Waals surface area (Å²) in [5, 5.41) is 6.85. The number of nitrogens with one attached hydrogen (secondary N) is 2. The Hall–Kier alpha value is -2.84. The van der Waals surface area contributed by atoms with Crippen LogP contribution in [0.4, 0.5) is 17.3 Å². The number of carbonyl (C=O) groups is 1. The maximum absolute atomic E-state index is 12.1. The number of halogens is 1. The van der Waals surface area contributed by atoms with Gasteiger partial charge in [-0.2, -0.15) is 0 Å². The second-order valence-corrected chi connectivity index (χ2v) is 7.41. The van der Waals surface area contributed by atoms with Crippen LogP contribution in [0.2, 0.25) is 0 Å². The first-order valence-corrected chi connectivity index (χ1v) is 9.48. The number of fused-ring (bicyclic) bond motifs is 1. The molecule has 2 heterocycles. The Labute approximate surface area is 172 Å². The Balaban J connectivity index is 1.84. The van der Waals surface area contributed by atoms with Crippen LogP contribution in [0.1, 0.15) is 5.56 Å². The van der Waals surface area contributed by atoms with Gasteiger partial charge in [0, 0.05) is 28.2 Å². The number of hydrogen-bond acceptors (Lipinski definition) is 6. The van der Waals surface area contributed by atoms with Crippen molar-refractivity contribution < 1.29 is 4.79 Å². The Bertz CT molecular complexity index is 1030. The standard InChI is InChI=1S/C20H21BrN6O/c1-13-9-14(6-7-16(13)21)25-20-15-10-18(22-11-17(15)23-12-24-20)26-19(28)5-4-8-27(2)3/h4-7,9-12H,8H2,1-3H3,(H,22,26,28)(H,23,24,25)/b5-4+. The number of nitrogens with zero attached hydrogens (tertiary/aromatic N) is 4. The van der Waals surface area contributed by atoms with E-state index in [9.17, 15) is 4.79 Å². The fourth-order valence-corrected chi connectivity index (χ4v) is 2.77. The molecule has 0 fully saturated rings. The van der Waals surface area contributed by atoms with Crippen LogP contribution >= 0.6 is 15.9 Å². The lowest BCUT2D eigenvalue weighted by atomic mass is 10.2. The SMILES string of the molecule is Cc1cc(Nc2ncnc3cnc(NC(=O)/C=C/CN(C)C)cc23)ccc1Br. The number of aryl methyl sites for hydroxylation is 1. The number of hydrogen-bond donors (Lipinski definition) is 2. The molecule has 0 atom stereocenters. The molecule has 2 aromatic heterocycles. The molecule has 1 amide bonds. The Kier molecular flexibility index (Phi) is 6.33. The number of amides is 1. The van der Waals surface area contributed by atoms with E-state index in [4.69, 9.17) is 0 Å². The van der Waals surface area contributed by atoms with Crippen molar-refractivity contribution in [3.8, 4) is 0 Å². The van der Waals surface area contributed by atoms with Crippen LogP contribution in [-0.4, -0.2) is 46.4 Å². The van der Waals surface area contributed by atoms with E-state index in [2.05, 4.69) is 41.5 Å². The van der Waals surface area contributed by atoms with Crippen molar-refractivity contribution in [2.75, 3.05) is 31.3 Å². The van der Waals surface area contributed by atoms with Crippen LogP contribution in [0.5, 0.6) is 0 Å². The summed E-state index contributed by atoms with van der Waals surface area (Å²) in [5.74, 6) is 0.855. The first kappa shape index (κ1) is 19.9. The molecule has 0 saturated carbocycles. The van der Waals surface area contributed by atoms with Crippen LogP contribution < -0.4 is 10.6 Å². The summed E-state index contributed by atoms with van der Waals surface area (Å²) < 4.78 is 1.04. The van der Waals surface area contributed by atoms with Crippen molar-refractivity contribution in [2.24, 2.45) is 0 Å². The predicted molar refractivity (Wildman–Crippen MR) is 116 cm³/mol. The molecule has 0 aliphatic carbocycles. The molecule has 0 spiro atoms. The lowest BCUT2D eigenvalue weighted by Gasteiger charge is -2.10. The van der Waals surface area contributed by atoms with Gasteiger partial charge in [-0.25, -0.2) is 15.0 Å². The van der Waals surface area contributed by atoms with Gasteiger partial charge in [0.05, 0.1) is 11.7 Å². The predicted octanol–water partition coefficient (Wildman–Crippen LogP) is 3.90. The molecule has 0 aliphatic heterocycles. The molecule has 0 bridgehead atoms. The molecule has 8 heteroatoms. The van der Waals surface area contributed by atoms with Crippen molar-refractivity contribution in [3.05, 3.63) is 59.0 Å². The number of benzene rings is 1. The van der Waals surface area contributed by atoms with Gasteiger partial charge in [-0.3, -0.25) is 4.79 Å². The third-order valence-corrected chi connectivity index (χ3v) is 4.82. The second-order valence-electron chi connectivity index (χ2n) is 6.55. The molecule has 144 valence electrons. The number of carbonyl (C=O) groups excluding carboxylic acids is 1. The largest absolute Gasteiger partial charge is 0.340 e. The van der Waals surface area contributed by atoms with Gasteiger partial charge in [0.25, 0.3) is 0 Å². The van der Waals surface area contributed by atoms with E-state index >= 15 is 0 Å². The van der Waals surface area contributed by atoms with E-state index in [-0.39, 0.29) is 5.91 Å². The van der Waals surface area contributed by atoms with Gasteiger partial charge in [-0.05, 0) is 50.8 Å². The average Bonchev–Trinajstić information content (AvgIpc) is 2.65. The molecule has 0 unspecified atom stereocenters. The van der Waals surface area contributed by atoms with Crippen LogP contribution in [-0.2, 0) is 4.79 Å². The first-order valence-electron chi connectivity index (χ1n) is 8.68. The van der Waals surface area contributed by atoms with Gasteiger partial charge in [0.2, 0.25) is 5.91 Å². The summed E-state index contributed by atoms with van der Waals surface area (Å²) in [5.41, 5.74) is 2.71. The van der Waals surface area contributed by atoms with E-state index < -0.39 is 0 Å². The minimum Gasteiger partial charge on any atom is -0.340 e. The second kappa shape index (κ2) is 8.90. The summed E-state index contributed by atoms with van der Waals surface area (Å²) in [6, 6.07) is 7.73. The van der Waals surface area contributed by atoms with Gasteiger partial charge >= 0.3 is 0 Å². The Morgan fingerprint density at radius 2 is 2.04 bits per heavy atom. The van der Waals surface area contributed by atoms with Crippen molar-refractivity contribution >= 4 is 50.1 Å². The smallest absolute Gasteiger partial charge is 0.249 e. The molecule has 1 aromatic carbocycles. The highest BCUT2D eigenvalue weighted by Gasteiger charge is 2.08. The molecule has 28 heavy (non-hydrogen) atoms. The van der Waals surface area contributed by atoms with Crippen molar-refractivity contribution in [1.82, 2.24) is 19.9 Å².